The monoisotopic (exact) mass is 328 g/mol. The normalized spacial score (nSPS) is 10.2. The number of carbonyl (C=O) groups is 1. The highest BCUT2D eigenvalue weighted by Gasteiger charge is 2.20. The molecule has 0 atom stereocenters. The van der Waals surface area contributed by atoms with E-state index in [9.17, 15) is 14.4 Å². The molecular weight excluding hydrogens is 312 g/mol. The van der Waals surface area contributed by atoms with Crippen molar-refractivity contribution in [2.45, 2.75) is 19.9 Å². The lowest BCUT2D eigenvalue weighted by molar-refractivity contribution is 0.0920. The highest BCUT2D eigenvalue weighted by molar-refractivity contribution is 6.00. The number of nitrogen functional groups attached to an aromatic ring is 1. The first-order chi connectivity index (χ1) is 11.5. The van der Waals surface area contributed by atoms with Crippen molar-refractivity contribution in [3.8, 4) is 11.8 Å². The predicted molar refractivity (Wildman–Crippen MR) is 87.0 cm³/mol. The van der Waals surface area contributed by atoms with Crippen LogP contribution in [-0.4, -0.2) is 21.9 Å². The quantitative estimate of drug-likeness (QED) is 0.749. The summed E-state index contributed by atoms with van der Waals surface area (Å²) >= 11 is 0. The Hall–Kier alpha value is -3.34. The SMILES string of the molecule is CCCn1c(N)c(C(=O)COc2ccccc2C#N)c(=O)[nH]c1=O. The van der Waals surface area contributed by atoms with Crippen LogP contribution in [0.2, 0.25) is 0 Å². The fourth-order valence-corrected chi connectivity index (χ4v) is 2.20. The molecule has 1 heterocycles. The highest BCUT2D eigenvalue weighted by atomic mass is 16.5. The third kappa shape index (κ3) is 3.35. The third-order valence-electron chi connectivity index (χ3n) is 3.33. The molecule has 0 aliphatic heterocycles. The molecule has 1 aromatic heterocycles. The molecule has 124 valence electrons. The summed E-state index contributed by atoms with van der Waals surface area (Å²) in [6, 6.07) is 8.34. The average Bonchev–Trinajstić information content (AvgIpc) is 2.56. The molecule has 0 amide bonds. The Morgan fingerprint density at radius 3 is 2.75 bits per heavy atom. The van der Waals surface area contributed by atoms with Crippen LogP contribution in [0.25, 0.3) is 0 Å². The van der Waals surface area contributed by atoms with Crippen molar-refractivity contribution in [2.24, 2.45) is 0 Å². The van der Waals surface area contributed by atoms with Crippen LogP contribution in [0.15, 0.2) is 33.9 Å². The molecule has 2 rings (SSSR count). The van der Waals surface area contributed by atoms with Gasteiger partial charge in [0.15, 0.2) is 6.61 Å². The van der Waals surface area contributed by atoms with Crippen LogP contribution in [-0.2, 0) is 6.54 Å². The zero-order valence-electron chi connectivity index (χ0n) is 13.0. The van der Waals surface area contributed by atoms with Crippen LogP contribution in [0, 0.1) is 11.3 Å². The lowest BCUT2D eigenvalue weighted by Crippen LogP contribution is -2.37. The minimum absolute atomic E-state index is 0.187. The number of ketones is 1. The highest BCUT2D eigenvalue weighted by Crippen LogP contribution is 2.17. The number of aromatic amines is 1. The van der Waals surface area contributed by atoms with Gasteiger partial charge in [-0.15, -0.1) is 0 Å². The fourth-order valence-electron chi connectivity index (χ4n) is 2.20. The number of nitrogens with zero attached hydrogens (tertiary/aromatic N) is 2. The van der Waals surface area contributed by atoms with Gasteiger partial charge in [-0.25, -0.2) is 4.79 Å². The maximum absolute atomic E-state index is 12.3. The Labute approximate surface area is 137 Å². The van der Waals surface area contributed by atoms with Gasteiger partial charge in [-0.05, 0) is 18.6 Å². The third-order valence-corrected chi connectivity index (χ3v) is 3.33. The van der Waals surface area contributed by atoms with E-state index in [0.717, 1.165) is 4.57 Å². The van der Waals surface area contributed by atoms with Gasteiger partial charge in [0.05, 0.1) is 5.56 Å². The maximum atomic E-state index is 12.3. The number of Topliss-reactive ketones (excluding diaryl/α,β-unsaturated/α-hetero) is 1. The van der Waals surface area contributed by atoms with E-state index < -0.39 is 23.6 Å². The van der Waals surface area contributed by atoms with Crippen LogP contribution in [0.3, 0.4) is 0 Å². The number of H-pyrrole nitrogens is 1. The minimum Gasteiger partial charge on any atom is -0.484 e. The number of rotatable bonds is 6. The van der Waals surface area contributed by atoms with Crippen LogP contribution >= 0.6 is 0 Å². The summed E-state index contributed by atoms with van der Waals surface area (Å²) in [5.41, 5.74) is 4.24. The zero-order chi connectivity index (χ0) is 17.7. The number of hydrogen-bond donors (Lipinski definition) is 2. The van der Waals surface area contributed by atoms with Gasteiger partial charge in [0.2, 0.25) is 5.78 Å². The summed E-state index contributed by atoms with van der Waals surface area (Å²) in [5, 5.41) is 8.99. The van der Waals surface area contributed by atoms with Crippen molar-refractivity contribution in [3.05, 3.63) is 56.2 Å². The molecule has 0 fully saturated rings. The molecule has 0 unspecified atom stereocenters. The number of nitriles is 1. The van der Waals surface area contributed by atoms with E-state index in [2.05, 4.69) is 4.98 Å². The van der Waals surface area contributed by atoms with Crippen molar-refractivity contribution in [1.29, 1.82) is 5.26 Å². The molecular formula is C16H16N4O4. The Balaban J connectivity index is 2.31. The van der Waals surface area contributed by atoms with Crippen LogP contribution in [0.4, 0.5) is 5.82 Å². The van der Waals surface area contributed by atoms with E-state index in [1.165, 1.54) is 6.07 Å². The molecule has 0 spiro atoms. The molecule has 0 radical (unpaired) electrons. The second-order valence-corrected chi connectivity index (χ2v) is 4.99. The van der Waals surface area contributed by atoms with Crippen LogP contribution in [0.5, 0.6) is 5.75 Å². The van der Waals surface area contributed by atoms with E-state index in [1.807, 2.05) is 13.0 Å². The second kappa shape index (κ2) is 7.28. The van der Waals surface area contributed by atoms with Crippen molar-refractivity contribution in [2.75, 3.05) is 12.3 Å². The van der Waals surface area contributed by atoms with Gasteiger partial charge < -0.3 is 10.5 Å². The van der Waals surface area contributed by atoms with E-state index in [1.54, 1.807) is 18.2 Å². The Morgan fingerprint density at radius 1 is 1.38 bits per heavy atom. The van der Waals surface area contributed by atoms with Gasteiger partial charge in [0, 0.05) is 6.54 Å². The number of para-hydroxylation sites is 1. The zero-order valence-corrected chi connectivity index (χ0v) is 13.0. The van der Waals surface area contributed by atoms with Gasteiger partial charge in [0.25, 0.3) is 5.56 Å². The molecule has 0 saturated heterocycles. The maximum Gasteiger partial charge on any atom is 0.329 e. The molecule has 0 aliphatic rings. The molecule has 0 saturated carbocycles. The predicted octanol–water partition coefficient (Wildman–Crippen LogP) is 0.662. The molecule has 3 N–H and O–H groups in total. The standard InChI is InChI=1S/C16H16N4O4/c1-2-7-20-14(18)13(15(22)19-16(20)23)11(21)9-24-12-6-4-3-5-10(12)8-17/h3-6H,2,7,9,18H2,1H3,(H,19,22,23). The average molecular weight is 328 g/mol. The van der Waals surface area contributed by atoms with Crippen molar-refractivity contribution >= 4 is 11.6 Å². The summed E-state index contributed by atoms with van der Waals surface area (Å²) in [4.78, 5) is 38.0. The van der Waals surface area contributed by atoms with Gasteiger partial charge >= 0.3 is 5.69 Å². The van der Waals surface area contributed by atoms with E-state index >= 15 is 0 Å². The second-order valence-electron chi connectivity index (χ2n) is 4.99. The number of carbonyl (C=O) groups excluding carboxylic acids is 1. The van der Waals surface area contributed by atoms with Gasteiger partial charge in [-0.2, -0.15) is 5.26 Å². The lowest BCUT2D eigenvalue weighted by Gasteiger charge is -2.12. The number of aromatic nitrogens is 2. The van der Waals surface area contributed by atoms with E-state index in [-0.39, 0.29) is 29.2 Å². The molecule has 8 nitrogen and oxygen atoms in total. The summed E-state index contributed by atoms with van der Waals surface area (Å²) in [5.74, 6) is -0.635. The molecule has 0 aliphatic carbocycles. The van der Waals surface area contributed by atoms with E-state index in [4.69, 9.17) is 15.7 Å². The van der Waals surface area contributed by atoms with Crippen LogP contribution in [0.1, 0.15) is 29.3 Å². The molecule has 1 aromatic carbocycles. The number of benzene rings is 1. The molecule has 8 heteroatoms. The summed E-state index contributed by atoms with van der Waals surface area (Å²) in [7, 11) is 0. The van der Waals surface area contributed by atoms with Crippen LogP contribution < -0.4 is 21.7 Å². The number of nitrogens with one attached hydrogen (secondary N) is 1. The number of anilines is 1. The van der Waals surface area contributed by atoms with Gasteiger partial charge in [0.1, 0.15) is 23.2 Å². The van der Waals surface area contributed by atoms with Crippen molar-refractivity contribution in [3.63, 3.8) is 0 Å². The first kappa shape index (κ1) is 17.0. The number of nitrogens with two attached hydrogens (primary N) is 1. The first-order valence-corrected chi connectivity index (χ1v) is 7.27. The lowest BCUT2D eigenvalue weighted by atomic mass is 10.2. The Kier molecular flexibility index (Phi) is 5.16. The smallest absolute Gasteiger partial charge is 0.329 e. The van der Waals surface area contributed by atoms with Crippen molar-refractivity contribution < 1.29 is 9.53 Å². The topological polar surface area (TPSA) is 131 Å². The summed E-state index contributed by atoms with van der Waals surface area (Å²) in [6.07, 6.45) is 0.607. The molecule has 24 heavy (non-hydrogen) atoms. The number of hydrogen-bond acceptors (Lipinski definition) is 6. The number of ether oxygens (including phenoxy) is 1. The Bertz CT molecular complexity index is 921. The van der Waals surface area contributed by atoms with Gasteiger partial charge in [-0.3, -0.25) is 19.1 Å². The van der Waals surface area contributed by atoms with E-state index in [0.29, 0.717) is 6.42 Å². The summed E-state index contributed by atoms with van der Waals surface area (Å²) in [6.45, 7) is 1.64. The summed E-state index contributed by atoms with van der Waals surface area (Å²) < 4.78 is 6.45. The minimum atomic E-state index is -0.855. The Morgan fingerprint density at radius 2 is 2.08 bits per heavy atom. The molecule has 2 aromatic rings. The fraction of sp³-hybridized carbons (Fsp3) is 0.250. The van der Waals surface area contributed by atoms with Gasteiger partial charge in [-0.1, -0.05) is 19.1 Å². The largest absolute Gasteiger partial charge is 0.484 e. The van der Waals surface area contributed by atoms with Crippen molar-refractivity contribution in [1.82, 2.24) is 9.55 Å². The molecule has 0 bridgehead atoms. The first-order valence-electron chi connectivity index (χ1n) is 7.27.